The van der Waals surface area contributed by atoms with Crippen molar-refractivity contribution >= 4 is 5.96 Å². The van der Waals surface area contributed by atoms with E-state index in [0.29, 0.717) is 24.8 Å². The average molecular weight is 393 g/mol. The molecule has 0 unspecified atom stereocenters. The smallest absolute Gasteiger partial charge is 0.191 e. The number of halogens is 1. The molecular weight excluding hydrogens is 369 g/mol. The maximum Gasteiger partial charge on any atom is 0.191 e. The van der Waals surface area contributed by atoms with Crippen molar-refractivity contribution in [3.8, 4) is 11.5 Å². The molecule has 29 heavy (non-hydrogen) atoms. The number of nitrogens with zero attached hydrogens (tertiary/aromatic N) is 3. The van der Waals surface area contributed by atoms with Gasteiger partial charge >= 0.3 is 0 Å². The summed E-state index contributed by atoms with van der Waals surface area (Å²) in [7, 11) is 0. The van der Waals surface area contributed by atoms with Gasteiger partial charge in [0.15, 0.2) is 17.5 Å². The fourth-order valence-electron chi connectivity index (χ4n) is 2.63. The van der Waals surface area contributed by atoms with Crippen molar-refractivity contribution in [3.63, 3.8) is 0 Å². The van der Waals surface area contributed by atoms with E-state index in [1.165, 1.54) is 12.3 Å². The van der Waals surface area contributed by atoms with E-state index < -0.39 is 5.82 Å². The van der Waals surface area contributed by atoms with E-state index in [9.17, 15) is 4.39 Å². The van der Waals surface area contributed by atoms with Crippen molar-refractivity contribution in [3.05, 3.63) is 84.2 Å². The topological polar surface area (TPSA) is 71.4 Å². The number of guanidine groups is 1. The molecule has 0 saturated carbocycles. The minimum Gasteiger partial charge on any atom is -0.453 e. The minimum absolute atomic E-state index is 0.158. The summed E-state index contributed by atoms with van der Waals surface area (Å²) in [5.41, 5.74) is 1.77. The lowest BCUT2D eigenvalue weighted by Gasteiger charge is -2.11. The molecule has 0 atom stereocenters. The minimum atomic E-state index is -0.435. The zero-order chi connectivity index (χ0) is 20.3. The number of hydrogen-bond acceptors (Lipinski definition) is 4. The van der Waals surface area contributed by atoms with E-state index in [0.717, 1.165) is 24.2 Å². The summed E-state index contributed by atoms with van der Waals surface area (Å²) < 4.78 is 19.9. The van der Waals surface area contributed by atoms with Gasteiger partial charge in [0.05, 0.1) is 12.7 Å². The SMILES string of the molecule is CCNC(=NCc1ccc(Oc2cccnc2)c(F)c1)NCCc1ccccn1. The van der Waals surface area contributed by atoms with Crippen LogP contribution in [-0.2, 0) is 13.0 Å². The average Bonchev–Trinajstić information content (AvgIpc) is 2.75. The molecular formula is C22H24FN5O. The van der Waals surface area contributed by atoms with Gasteiger partial charge in [0.25, 0.3) is 0 Å². The lowest BCUT2D eigenvalue weighted by atomic mass is 10.2. The van der Waals surface area contributed by atoms with Gasteiger partial charge in [-0.2, -0.15) is 0 Å². The number of benzene rings is 1. The molecule has 0 bridgehead atoms. The van der Waals surface area contributed by atoms with E-state index in [2.05, 4.69) is 25.6 Å². The number of aromatic nitrogens is 2. The molecule has 2 aromatic heterocycles. The van der Waals surface area contributed by atoms with Crippen LogP contribution >= 0.6 is 0 Å². The molecule has 2 N–H and O–H groups in total. The zero-order valence-electron chi connectivity index (χ0n) is 16.3. The van der Waals surface area contributed by atoms with Crippen LogP contribution in [0.2, 0.25) is 0 Å². The normalized spacial score (nSPS) is 11.2. The van der Waals surface area contributed by atoms with Gasteiger partial charge in [0.1, 0.15) is 5.75 Å². The highest BCUT2D eigenvalue weighted by atomic mass is 19.1. The van der Waals surface area contributed by atoms with Crippen LogP contribution in [0.3, 0.4) is 0 Å². The maximum atomic E-state index is 14.4. The number of ether oxygens (including phenoxy) is 1. The van der Waals surface area contributed by atoms with Crippen molar-refractivity contribution in [1.82, 2.24) is 20.6 Å². The van der Waals surface area contributed by atoms with Crippen LogP contribution in [0.25, 0.3) is 0 Å². The molecule has 0 saturated heterocycles. The predicted molar refractivity (Wildman–Crippen MR) is 111 cm³/mol. The monoisotopic (exact) mass is 393 g/mol. The van der Waals surface area contributed by atoms with E-state index >= 15 is 0 Å². The van der Waals surface area contributed by atoms with Gasteiger partial charge in [0, 0.05) is 37.6 Å². The van der Waals surface area contributed by atoms with Crippen molar-refractivity contribution < 1.29 is 9.13 Å². The molecule has 7 heteroatoms. The second-order valence-electron chi connectivity index (χ2n) is 6.25. The number of pyridine rings is 2. The number of nitrogens with one attached hydrogen (secondary N) is 2. The highest BCUT2D eigenvalue weighted by Crippen LogP contribution is 2.24. The third-order valence-electron chi connectivity index (χ3n) is 4.02. The van der Waals surface area contributed by atoms with Crippen molar-refractivity contribution in [1.29, 1.82) is 0 Å². The van der Waals surface area contributed by atoms with E-state index in [4.69, 9.17) is 4.74 Å². The lowest BCUT2D eigenvalue weighted by Crippen LogP contribution is -2.38. The molecule has 1 aromatic carbocycles. The van der Waals surface area contributed by atoms with Gasteiger partial charge in [-0.05, 0) is 48.9 Å². The lowest BCUT2D eigenvalue weighted by molar-refractivity contribution is 0.440. The Hall–Kier alpha value is -3.48. The van der Waals surface area contributed by atoms with Crippen LogP contribution < -0.4 is 15.4 Å². The van der Waals surface area contributed by atoms with Crippen molar-refractivity contribution in [2.45, 2.75) is 19.9 Å². The molecule has 0 aliphatic heterocycles. The Morgan fingerprint density at radius 3 is 2.76 bits per heavy atom. The van der Waals surface area contributed by atoms with Crippen LogP contribution in [0.1, 0.15) is 18.2 Å². The number of rotatable bonds is 8. The van der Waals surface area contributed by atoms with Crippen molar-refractivity contribution in [2.75, 3.05) is 13.1 Å². The quantitative estimate of drug-likeness (QED) is 0.451. The van der Waals surface area contributed by atoms with Gasteiger partial charge in [-0.25, -0.2) is 9.38 Å². The Morgan fingerprint density at radius 1 is 1.10 bits per heavy atom. The summed E-state index contributed by atoms with van der Waals surface area (Å²) in [5, 5.41) is 6.46. The van der Waals surface area contributed by atoms with Gasteiger partial charge in [0.2, 0.25) is 0 Å². The molecule has 3 aromatic rings. The summed E-state index contributed by atoms with van der Waals surface area (Å²) in [4.78, 5) is 12.8. The predicted octanol–water partition coefficient (Wildman–Crippen LogP) is 3.71. The number of aliphatic imine (C=N–C) groups is 1. The third-order valence-corrected chi connectivity index (χ3v) is 4.02. The first-order chi connectivity index (χ1) is 14.2. The van der Waals surface area contributed by atoms with Crippen LogP contribution in [0, 0.1) is 5.82 Å². The Balaban J connectivity index is 1.57. The molecule has 0 spiro atoms. The van der Waals surface area contributed by atoms with E-state index in [-0.39, 0.29) is 5.75 Å². The van der Waals surface area contributed by atoms with E-state index in [1.54, 1.807) is 36.7 Å². The Morgan fingerprint density at radius 2 is 2.03 bits per heavy atom. The Bertz CT molecular complexity index is 919. The molecule has 0 aliphatic carbocycles. The summed E-state index contributed by atoms with van der Waals surface area (Å²) in [6.07, 6.45) is 5.75. The summed E-state index contributed by atoms with van der Waals surface area (Å²) in [5.74, 6) is 0.893. The molecule has 0 fully saturated rings. The van der Waals surface area contributed by atoms with E-state index in [1.807, 2.05) is 25.1 Å². The molecule has 0 radical (unpaired) electrons. The highest BCUT2D eigenvalue weighted by Gasteiger charge is 2.07. The van der Waals surface area contributed by atoms with Gasteiger partial charge in [-0.15, -0.1) is 0 Å². The summed E-state index contributed by atoms with van der Waals surface area (Å²) in [6.45, 7) is 3.79. The van der Waals surface area contributed by atoms with Crippen LogP contribution in [-0.4, -0.2) is 29.0 Å². The van der Waals surface area contributed by atoms with Gasteiger partial charge in [-0.3, -0.25) is 9.97 Å². The van der Waals surface area contributed by atoms with Gasteiger partial charge in [-0.1, -0.05) is 12.1 Å². The maximum absolute atomic E-state index is 14.4. The molecule has 2 heterocycles. The highest BCUT2D eigenvalue weighted by molar-refractivity contribution is 5.79. The molecule has 150 valence electrons. The first kappa shape index (κ1) is 20.3. The molecule has 3 rings (SSSR count). The van der Waals surface area contributed by atoms with Crippen LogP contribution in [0.4, 0.5) is 4.39 Å². The first-order valence-electron chi connectivity index (χ1n) is 9.53. The van der Waals surface area contributed by atoms with Crippen molar-refractivity contribution in [2.24, 2.45) is 4.99 Å². The second-order valence-corrected chi connectivity index (χ2v) is 6.25. The fourth-order valence-corrected chi connectivity index (χ4v) is 2.63. The zero-order valence-corrected chi connectivity index (χ0v) is 16.3. The Labute approximate surface area is 169 Å². The van der Waals surface area contributed by atoms with Gasteiger partial charge < -0.3 is 15.4 Å². The molecule has 0 aliphatic rings. The third kappa shape index (κ3) is 6.57. The summed E-state index contributed by atoms with van der Waals surface area (Å²) >= 11 is 0. The Kier molecular flexibility index (Phi) is 7.51. The first-order valence-corrected chi connectivity index (χ1v) is 9.53. The molecule has 6 nitrogen and oxygen atoms in total. The van der Waals surface area contributed by atoms with Crippen LogP contribution in [0.5, 0.6) is 11.5 Å². The standard InChI is InChI=1S/C22H24FN5O/c1-2-25-22(27-13-10-18-6-3-4-12-26-18)28-15-17-8-9-21(20(23)14-17)29-19-7-5-11-24-16-19/h3-9,11-12,14,16H,2,10,13,15H2,1H3,(H2,25,27,28). The number of hydrogen-bond donors (Lipinski definition) is 2. The summed E-state index contributed by atoms with van der Waals surface area (Å²) in [6, 6.07) is 14.2. The molecule has 0 amide bonds. The largest absolute Gasteiger partial charge is 0.453 e. The van der Waals surface area contributed by atoms with Crippen LogP contribution in [0.15, 0.2) is 72.1 Å². The second kappa shape index (κ2) is 10.8. The fraction of sp³-hybridized carbons (Fsp3) is 0.227.